The highest BCUT2D eigenvalue weighted by molar-refractivity contribution is 7.14. The number of carbonyl (C=O) groups excluding carboxylic acids is 1. The summed E-state index contributed by atoms with van der Waals surface area (Å²) in [5.74, 6) is 1.78. The Bertz CT molecular complexity index is 1030. The van der Waals surface area contributed by atoms with Crippen LogP contribution in [0.3, 0.4) is 0 Å². The molecule has 0 fully saturated rings. The molecule has 7 heteroatoms. The number of carbonyl (C=O) groups is 1. The first kappa shape index (κ1) is 20.7. The molecule has 3 aromatic rings. The van der Waals surface area contributed by atoms with Crippen molar-refractivity contribution in [2.75, 3.05) is 26.1 Å². The number of methoxy groups -OCH3 is 2. The van der Waals surface area contributed by atoms with Crippen molar-refractivity contribution >= 4 is 22.4 Å². The molecule has 0 radical (unpaired) electrons. The lowest BCUT2D eigenvalue weighted by Crippen LogP contribution is -2.20. The van der Waals surface area contributed by atoms with Crippen molar-refractivity contribution in [3.05, 3.63) is 52.4 Å². The Hall–Kier alpha value is -3.06. The number of hydrogen-bond donors (Lipinski definition) is 1. The quantitative estimate of drug-likeness (QED) is 0.605. The van der Waals surface area contributed by atoms with Crippen LogP contribution in [-0.2, 0) is 4.79 Å². The molecule has 6 nitrogen and oxygen atoms in total. The summed E-state index contributed by atoms with van der Waals surface area (Å²) in [6.07, 6.45) is 0. The predicted octanol–water partition coefficient (Wildman–Crippen LogP) is 4.77. The van der Waals surface area contributed by atoms with Crippen molar-refractivity contribution in [3.8, 4) is 28.5 Å². The Morgan fingerprint density at radius 3 is 2.48 bits per heavy atom. The third kappa shape index (κ3) is 4.68. The molecular formula is C22H24N2O4S. The summed E-state index contributed by atoms with van der Waals surface area (Å²) in [5.41, 5.74) is 4.80. The summed E-state index contributed by atoms with van der Waals surface area (Å²) < 4.78 is 16.4. The smallest absolute Gasteiger partial charge is 0.264 e. The van der Waals surface area contributed by atoms with Crippen LogP contribution in [0.5, 0.6) is 17.2 Å². The standard InChI is InChI=1S/C22H24N2O4S/c1-13-6-7-14(2)21(15(13)3)28-11-20(25)24-22-23-17(12-29-22)16-8-9-18(26-4)19(10-16)27-5/h6-10,12H,11H2,1-5H3,(H,23,24,25). The van der Waals surface area contributed by atoms with Gasteiger partial charge in [0.1, 0.15) is 5.75 Å². The number of amides is 1. The number of aryl methyl sites for hydroxylation is 2. The van der Waals surface area contributed by atoms with Gasteiger partial charge in [0, 0.05) is 10.9 Å². The Morgan fingerprint density at radius 1 is 1.03 bits per heavy atom. The number of ether oxygens (including phenoxy) is 3. The molecule has 0 aliphatic rings. The molecule has 152 valence electrons. The molecule has 3 rings (SSSR count). The molecule has 0 bridgehead atoms. The van der Waals surface area contributed by atoms with Crippen LogP contribution in [0.4, 0.5) is 5.13 Å². The van der Waals surface area contributed by atoms with E-state index in [1.54, 1.807) is 14.2 Å². The van der Waals surface area contributed by atoms with E-state index in [1.165, 1.54) is 11.3 Å². The number of hydrogen-bond acceptors (Lipinski definition) is 6. The molecule has 0 unspecified atom stereocenters. The van der Waals surface area contributed by atoms with Crippen LogP contribution in [0.15, 0.2) is 35.7 Å². The summed E-state index contributed by atoms with van der Waals surface area (Å²) in [7, 11) is 3.18. The SMILES string of the molecule is COc1ccc(-c2csc(NC(=O)COc3c(C)ccc(C)c3C)n2)cc1OC. The molecule has 0 saturated heterocycles. The molecule has 0 aliphatic heterocycles. The van der Waals surface area contributed by atoms with Gasteiger partial charge in [0.15, 0.2) is 23.2 Å². The largest absolute Gasteiger partial charge is 0.493 e. The third-order valence-electron chi connectivity index (χ3n) is 4.65. The van der Waals surface area contributed by atoms with Gasteiger partial charge >= 0.3 is 0 Å². The molecule has 0 aliphatic carbocycles. The van der Waals surface area contributed by atoms with Crippen molar-refractivity contribution in [1.82, 2.24) is 4.98 Å². The fraction of sp³-hybridized carbons (Fsp3) is 0.273. The van der Waals surface area contributed by atoms with Gasteiger partial charge in [-0.3, -0.25) is 10.1 Å². The average molecular weight is 413 g/mol. The van der Waals surface area contributed by atoms with Gasteiger partial charge in [-0.15, -0.1) is 11.3 Å². The van der Waals surface area contributed by atoms with Crippen LogP contribution in [0, 0.1) is 20.8 Å². The minimum atomic E-state index is -0.251. The Kier molecular flexibility index (Phi) is 6.39. The van der Waals surface area contributed by atoms with E-state index in [2.05, 4.69) is 10.3 Å². The minimum absolute atomic E-state index is 0.0730. The molecule has 2 aromatic carbocycles. The Morgan fingerprint density at radius 2 is 1.76 bits per heavy atom. The zero-order chi connectivity index (χ0) is 21.0. The number of benzene rings is 2. The molecule has 0 spiro atoms. The summed E-state index contributed by atoms with van der Waals surface area (Å²) >= 11 is 1.36. The zero-order valence-electron chi connectivity index (χ0n) is 17.2. The molecular weight excluding hydrogens is 388 g/mol. The van der Waals surface area contributed by atoms with Crippen molar-refractivity contribution in [1.29, 1.82) is 0 Å². The van der Waals surface area contributed by atoms with Gasteiger partial charge in [-0.2, -0.15) is 0 Å². The van der Waals surface area contributed by atoms with Gasteiger partial charge in [0.05, 0.1) is 19.9 Å². The van der Waals surface area contributed by atoms with Gasteiger partial charge in [0.25, 0.3) is 5.91 Å². The third-order valence-corrected chi connectivity index (χ3v) is 5.41. The maximum atomic E-state index is 12.3. The summed E-state index contributed by atoms with van der Waals surface area (Å²) in [5, 5.41) is 5.19. The zero-order valence-corrected chi connectivity index (χ0v) is 18.0. The van der Waals surface area contributed by atoms with Gasteiger partial charge in [-0.25, -0.2) is 4.98 Å². The highest BCUT2D eigenvalue weighted by Crippen LogP contribution is 2.33. The van der Waals surface area contributed by atoms with E-state index < -0.39 is 0 Å². The van der Waals surface area contributed by atoms with Gasteiger partial charge in [-0.05, 0) is 55.7 Å². The van der Waals surface area contributed by atoms with E-state index in [9.17, 15) is 4.79 Å². The molecule has 1 amide bonds. The monoisotopic (exact) mass is 412 g/mol. The van der Waals surface area contributed by atoms with E-state index in [0.717, 1.165) is 33.7 Å². The lowest BCUT2D eigenvalue weighted by atomic mass is 10.1. The first-order valence-electron chi connectivity index (χ1n) is 9.10. The van der Waals surface area contributed by atoms with Crippen LogP contribution in [0.1, 0.15) is 16.7 Å². The Balaban J connectivity index is 1.66. The van der Waals surface area contributed by atoms with E-state index in [-0.39, 0.29) is 12.5 Å². The molecule has 29 heavy (non-hydrogen) atoms. The van der Waals surface area contributed by atoms with Gasteiger partial charge < -0.3 is 14.2 Å². The predicted molar refractivity (Wildman–Crippen MR) is 115 cm³/mol. The average Bonchev–Trinajstić information content (AvgIpc) is 3.18. The lowest BCUT2D eigenvalue weighted by Gasteiger charge is -2.13. The number of nitrogens with one attached hydrogen (secondary N) is 1. The van der Waals surface area contributed by atoms with Crippen molar-refractivity contribution < 1.29 is 19.0 Å². The minimum Gasteiger partial charge on any atom is -0.493 e. The fourth-order valence-electron chi connectivity index (χ4n) is 2.90. The van der Waals surface area contributed by atoms with Crippen LogP contribution < -0.4 is 19.5 Å². The lowest BCUT2D eigenvalue weighted by molar-refractivity contribution is -0.118. The van der Waals surface area contributed by atoms with Crippen LogP contribution >= 0.6 is 11.3 Å². The van der Waals surface area contributed by atoms with Gasteiger partial charge in [-0.1, -0.05) is 12.1 Å². The number of aromatic nitrogens is 1. The second-order valence-electron chi connectivity index (χ2n) is 6.60. The molecule has 1 N–H and O–H groups in total. The Labute approximate surface area is 174 Å². The van der Waals surface area contributed by atoms with Crippen LogP contribution in [-0.4, -0.2) is 31.7 Å². The van der Waals surface area contributed by atoms with E-state index >= 15 is 0 Å². The van der Waals surface area contributed by atoms with Gasteiger partial charge in [0.2, 0.25) is 0 Å². The fourth-order valence-corrected chi connectivity index (χ4v) is 3.64. The number of anilines is 1. The summed E-state index contributed by atoms with van der Waals surface area (Å²) in [6, 6.07) is 9.61. The van der Waals surface area contributed by atoms with Crippen LogP contribution in [0.2, 0.25) is 0 Å². The number of thiazole rings is 1. The highest BCUT2D eigenvalue weighted by atomic mass is 32.1. The summed E-state index contributed by atoms with van der Waals surface area (Å²) in [6.45, 7) is 5.91. The molecule has 0 saturated carbocycles. The van der Waals surface area contributed by atoms with Crippen LogP contribution in [0.25, 0.3) is 11.3 Å². The highest BCUT2D eigenvalue weighted by Gasteiger charge is 2.13. The first-order valence-corrected chi connectivity index (χ1v) is 9.98. The molecule has 1 aromatic heterocycles. The molecule has 0 atom stereocenters. The number of nitrogens with zero attached hydrogens (tertiary/aromatic N) is 1. The molecule has 1 heterocycles. The van der Waals surface area contributed by atoms with E-state index in [1.807, 2.05) is 56.5 Å². The maximum Gasteiger partial charge on any atom is 0.264 e. The normalized spacial score (nSPS) is 10.5. The maximum absolute atomic E-state index is 12.3. The van der Waals surface area contributed by atoms with Crippen molar-refractivity contribution in [2.24, 2.45) is 0 Å². The first-order chi connectivity index (χ1) is 13.9. The van der Waals surface area contributed by atoms with Crippen molar-refractivity contribution in [3.63, 3.8) is 0 Å². The summed E-state index contributed by atoms with van der Waals surface area (Å²) in [4.78, 5) is 16.8. The second kappa shape index (κ2) is 8.96. The second-order valence-corrected chi connectivity index (χ2v) is 7.46. The topological polar surface area (TPSA) is 69.7 Å². The van der Waals surface area contributed by atoms with Crippen molar-refractivity contribution in [2.45, 2.75) is 20.8 Å². The van der Waals surface area contributed by atoms with E-state index in [4.69, 9.17) is 14.2 Å². The number of rotatable bonds is 7. The van der Waals surface area contributed by atoms with E-state index in [0.29, 0.717) is 16.6 Å².